The molecule has 3 aromatic rings. The van der Waals surface area contributed by atoms with E-state index in [1.807, 2.05) is 24.5 Å². The number of aromatic amines is 1. The molecule has 2 N–H and O–H groups in total. The second-order valence-corrected chi connectivity index (χ2v) is 7.68. The number of aromatic nitrogens is 2. The van der Waals surface area contributed by atoms with Gasteiger partial charge in [-0.25, -0.2) is 0 Å². The number of nitrogens with one attached hydrogen (secondary N) is 2. The molecule has 0 saturated heterocycles. The summed E-state index contributed by atoms with van der Waals surface area (Å²) in [6.45, 7) is 1.20. The van der Waals surface area contributed by atoms with Gasteiger partial charge in [-0.15, -0.1) is 11.3 Å². The SMILES string of the molecule is COCCO[C@H]1CC[C@H](NC(=O)c2cc(-c3cncs3)cc3[nH]ccc23)C1. The fraction of sp³-hybridized carbons (Fsp3) is 0.400. The van der Waals surface area contributed by atoms with Crippen LogP contribution < -0.4 is 5.32 Å². The van der Waals surface area contributed by atoms with Gasteiger partial charge in [0.05, 0.1) is 29.7 Å². The van der Waals surface area contributed by atoms with Gasteiger partial charge in [-0.3, -0.25) is 9.78 Å². The Labute approximate surface area is 161 Å². The van der Waals surface area contributed by atoms with Crippen LogP contribution in [0.3, 0.4) is 0 Å². The molecule has 2 heterocycles. The predicted molar refractivity (Wildman–Crippen MR) is 106 cm³/mol. The minimum Gasteiger partial charge on any atom is -0.382 e. The Morgan fingerprint density at radius 3 is 3.11 bits per heavy atom. The lowest BCUT2D eigenvalue weighted by Gasteiger charge is -2.15. The molecule has 6 nitrogen and oxygen atoms in total. The predicted octanol–water partition coefficient (Wildman–Crippen LogP) is 3.61. The van der Waals surface area contributed by atoms with Crippen molar-refractivity contribution in [2.75, 3.05) is 20.3 Å². The Morgan fingerprint density at radius 2 is 2.30 bits per heavy atom. The molecule has 7 heteroatoms. The van der Waals surface area contributed by atoms with Crippen molar-refractivity contribution in [1.29, 1.82) is 0 Å². The number of fused-ring (bicyclic) bond motifs is 1. The summed E-state index contributed by atoms with van der Waals surface area (Å²) >= 11 is 1.57. The molecule has 0 unspecified atom stereocenters. The van der Waals surface area contributed by atoms with Gasteiger partial charge in [0.25, 0.3) is 5.91 Å². The molecule has 0 radical (unpaired) electrons. The summed E-state index contributed by atoms with van der Waals surface area (Å²) in [4.78, 5) is 21.4. The average Bonchev–Trinajstić information content (AvgIpc) is 3.42. The Kier molecular flexibility index (Phi) is 5.52. The first-order valence-electron chi connectivity index (χ1n) is 9.16. The highest BCUT2D eigenvalue weighted by Gasteiger charge is 2.27. The minimum absolute atomic E-state index is 0.0338. The van der Waals surface area contributed by atoms with E-state index in [9.17, 15) is 4.79 Å². The van der Waals surface area contributed by atoms with E-state index >= 15 is 0 Å². The van der Waals surface area contributed by atoms with E-state index in [4.69, 9.17) is 9.47 Å². The van der Waals surface area contributed by atoms with Gasteiger partial charge < -0.3 is 19.8 Å². The Balaban J connectivity index is 1.49. The van der Waals surface area contributed by atoms with Gasteiger partial charge >= 0.3 is 0 Å². The largest absolute Gasteiger partial charge is 0.382 e. The summed E-state index contributed by atoms with van der Waals surface area (Å²) in [5, 5.41) is 4.13. The number of rotatable bonds is 7. The Hall–Kier alpha value is -2.22. The molecule has 0 aliphatic heterocycles. The van der Waals surface area contributed by atoms with Crippen molar-refractivity contribution in [3.63, 3.8) is 0 Å². The number of carbonyl (C=O) groups excluding carboxylic acids is 1. The number of thiazole rings is 1. The molecule has 1 saturated carbocycles. The van der Waals surface area contributed by atoms with Crippen LogP contribution >= 0.6 is 11.3 Å². The molecule has 1 amide bonds. The maximum Gasteiger partial charge on any atom is 0.252 e. The van der Waals surface area contributed by atoms with Crippen molar-refractivity contribution in [2.24, 2.45) is 0 Å². The highest BCUT2D eigenvalue weighted by molar-refractivity contribution is 7.13. The lowest BCUT2D eigenvalue weighted by molar-refractivity contribution is 0.0200. The average molecular weight is 385 g/mol. The highest BCUT2D eigenvalue weighted by atomic mass is 32.1. The zero-order valence-corrected chi connectivity index (χ0v) is 16.1. The quantitative estimate of drug-likeness (QED) is 0.609. The number of ether oxygens (including phenoxy) is 2. The van der Waals surface area contributed by atoms with Crippen LogP contribution in [0.2, 0.25) is 0 Å². The van der Waals surface area contributed by atoms with Gasteiger partial charge in [0, 0.05) is 42.0 Å². The maximum absolute atomic E-state index is 13.0. The van der Waals surface area contributed by atoms with E-state index in [2.05, 4.69) is 21.4 Å². The van der Waals surface area contributed by atoms with Gasteiger partial charge in [0.15, 0.2) is 0 Å². The maximum atomic E-state index is 13.0. The van der Waals surface area contributed by atoms with Crippen LogP contribution in [-0.4, -0.2) is 48.3 Å². The molecule has 1 aromatic carbocycles. The highest BCUT2D eigenvalue weighted by Crippen LogP contribution is 2.30. The van der Waals surface area contributed by atoms with Gasteiger partial charge in [0.1, 0.15) is 0 Å². The molecule has 27 heavy (non-hydrogen) atoms. The van der Waals surface area contributed by atoms with Crippen LogP contribution in [0.15, 0.2) is 36.1 Å². The summed E-state index contributed by atoms with van der Waals surface area (Å²) in [6, 6.07) is 6.12. The zero-order valence-electron chi connectivity index (χ0n) is 15.2. The topological polar surface area (TPSA) is 76.2 Å². The number of nitrogens with zero attached hydrogens (tertiary/aromatic N) is 1. The number of benzene rings is 1. The second kappa shape index (κ2) is 8.21. The first-order chi connectivity index (χ1) is 13.2. The summed E-state index contributed by atoms with van der Waals surface area (Å²) < 4.78 is 10.8. The fourth-order valence-corrected chi connectivity index (χ4v) is 4.25. The third kappa shape index (κ3) is 4.05. The van der Waals surface area contributed by atoms with Crippen LogP contribution in [0.5, 0.6) is 0 Å². The second-order valence-electron chi connectivity index (χ2n) is 6.80. The third-order valence-electron chi connectivity index (χ3n) is 4.99. The molecule has 4 rings (SSSR count). The van der Waals surface area contributed by atoms with Crippen molar-refractivity contribution in [3.05, 3.63) is 41.7 Å². The van der Waals surface area contributed by atoms with Crippen LogP contribution in [0.4, 0.5) is 0 Å². The van der Waals surface area contributed by atoms with Crippen molar-refractivity contribution >= 4 is 28.1 Å². The number of methoxy groups -OCH3 is 1. The number of carbonyl (C=O) groups is 1. The monoisotopic (exact) mass is 385 g/mol. The Morgan fingerprint density at radius 1 is 1.37 bits per heavy atom. The van der Waals surface area contributed by atoms with Crippen LogP contribution in [0, 0.1) is 0 Å². The summed E-state index contributed by atoms with van der Waals surface area (Å²) in [7, 11) is 1.67. The van der Waals surface area contributed by atoms with E-state index in [1.54, 1.807) is 24.0 Å². The molecule has 142 valence electrons. The van der Waals surface area contributed by atoms with Gasteiger partial charge in [-0.2, -0.15) is 0 Å². The Bertz CT molecular complexity index is 906. The third-order valence-corrected chi connectivity index (χ3v) is 5.81. The number of amides is 1. The molecule has 1 aliphatic carbocycles. The first kappa shape index (κ1) is 18.2. The standard InChI is InChI=1S/C20H23N3O3S/c1-25-6-7-26-15-3-2-14(10-15)23-20(24)17-8-13(19-11-21-12-27-19)9-18-16(17)4-5-22-18/h4-5,8-9,11-12,14-15,22H,2-3,6-7,10H2,1H3,(H,23,24)/t14-,15-/m0/s1. The minimum atomic E-state index is -0.0338. The van der Waals surface area contributed by atoms with Gasteiger partial charge in [-0.1, -0.05) is 0 Å². The van der Waals surface area contributed by atoms with Crippen molar-refractivity contribution in [2.45, 2.75) is 31.4 Å². The molecule has 0 spiro atoms. The summed E-state index contributed by atoms with van der Waals surface area (Å²) in [5.41, 5.74) is 4.46. The molecule has 1 aliphatic rings. The van der Waals surface area contributed by atoms with Crippen molar-refractivity contribution in [3.8, 4) is 10.4 Å². The summed E-state index contributed by atoms with van der Waals surface area (Å²) in [5.74, 6) is -0.0338. The van der Waals surface area contributed by atoms with E-state index < -0.39 is 0 Å². The van der Waals surface area contributed by atoms with E-state index in [0.717, 1.165) is 40.6 Å². The molecule has 0 bridgehead atoms. The lowest BCUT2D eigenvalue weighted by Crippen LogP contribution is -2.33. The van der Waals surface area contributed by atoms with Gasteiger partial charge in [-0.05, 0) is 43.0 Å². The van der Waals surface area contributed by atoms with Crippen molar-refractivity contribution in [1.82, 2.24) is 15.3 Å². The zero-order chi connectivity index (χ0) is 18.6. The molecule has 2 atom stereocenters. The molecule has 2 aromatic heterocycles. The smallest absolute Gasteiger partial charge is 0.252 e. The number of hydrogen-bond donors (Lipinski definition) is 2. The van der Waals surface area contributed by atoms with Crippen LogP contribution in [0.1, 0.15) is 29.6 Å². The van der Waals surface area contributed by atoms with E-state index in [0.29, 0.717) is 18.8 Å². The first-order valence-corrected chi connectivity index (χ1v) is 10.0. The molecular weight excluding hydrogens is 362 g/mol. The van der Waals surface area contributed by atoms with Crippen LogP contribution in [-0.2, 0) is 9.47 Å². The van der Waals surface area contributed by atoms with E-state index in [-0.39, 0.29) is 18.1 Å². The molecular formula is C20H23N3O3S. The lowest BCUT2D eigenvalue weighted by atomic mass is 10.0. The molecule has 1 fully saturated rings. The number of H-pyrrole nitrogens is 1. The normalized spacial score (nSPS) is 19.6. The van der Waals surface area contributed by atoms with Gasteiger partial charge in [0.2, 0.25) is 0 Å². The fourth-order valence-electron chi connectivity index (χ4n) is 3.64. The summed E-state index contributed by atoms with van der Waals surface area (Å²) in [6.07, 6.45) is 6.65. The van der Waals surface area contributed by atoms with Crippen molar-refractivity contribution < 1.29 is 14.3 Å². The van der Waals surface area contributed by atoms with E-state index in [1.165, 1.54) is 0 Å². The number of hydrogen-bond acceptors (Lipinski definition) is 5. The van der Waals surface area contributed by atoms with Crippen LogP contribution in [0.25, 0.3) is 21.3 Å².